The number of amides is 2. The van der Waals surface area contributed by atoms with Gasteiger partial charge in [-0.1, -0.05) is 55.4 Å². The van der Waals surface area contributed by atoms with Crippen LogP contribution in [0.1, 0.15) is 61.6 Å². The van der Waals surface area contributed by atoms with E-state index in [4.69, 9.17) is 18.3 Å². The average Bonchev–Trinajstić information content (AvgIpc) is 3.49. The van der Waals surface area contributed by atoms with Crippen molar-refractivity contribution in [3.8, 4) is 0 Å². The van der Waals surface area contributed by atoms with Crippen molar-refractivity contribution in [3.05, 3.63) is 12.7 Å². The number of ether oxygens (including phenoxy) is 2. The van der Waals surface area contributed by atoms with Crippen molar-refractivity contribution in [3.63, 3.8) is 0 Å². The summed E-state index contributed by atoms with van der Waals surface area (Å²) in [5.74, 6) is -2.37. The Bertz CT molecular complexity index is 1410. The fourth-order valence-corrected chi connectivity index (χ4v) is 6.59. The van der Waals surface area contributed by atoms with Crippen LogP contribution >= 0.6 is 0 Å². The lowest BCUT2D eigenvalue weighted by Gasteiger charge is -2.41. The van der Waals surface area contributed by atoms with Crippen molar-refractivity contribution >= 4 is 45.4 Å². The van der Waals surface area contributed by atoms with E-state index in [1.807, 2.05) is 5.32 Å². The van der Waals surface area contributed by atoms with Crippen LogP contribution in [-0.4, -0.2) is 92.2 Å². The molecule has 0 unspecified atom stereocenters. The van der Waals surface area contributed by atoms with Gasteiger partial charge in [0, 0.05) is 12.5 Å². The Morgan fingerprint density at radius 1 is 0.979 bits per heavy atom. The number of fused-ring (bicyclic) bond motifs is 1. The minimum atomic E-state index is -5.02. The van der Waals surface area contributed by atoms with Gasteiger partial charge in [-0.25, -0.2) is 15.0 Å². The molecule has 1 fully saturated rings. The molecule has 2 aromatic heterocycles. The molecule has 0 radical (unpaired) electrons. The quantitative estimate of drug-likeness (QED) is 0.208. The van der Waals surface area contributed by atoms with Crippen molar-refractivity contribution in [2.75, 3.05) is 25.1 Å². The van der Waals surface area contributed by atoms with E-state index in [0.29, 0.717) is 11.2 Å². The molecule has 0 aromatic carbocycles. The zero-order valence-corrected chi connectivity index (χ0v) is 31.5. The molecule has 3 rings (SSSR count). The number of anilines is 1. The molecule has 3 heterocycles. The maximum absolute atomic E-state index is 12.9. The van der Waals surface area contributed by atoms with Gasteiger partial charge in [0.25, 0.3) is 0 Å². The Morgan fingerprint density at radius 3 is 2.15 bits per heavy atom. The predicted molar refractivity (Wildman–Crippen MR) is 177 cm³/mol. The molecular formula is C30H51F3N6O6Si2. The highest BCUT2D eigenvalue weighted by Crippen LogP contribution is 2.44. The largest absolute Gasteiger partial charge is 0.471 e. The van der Waals surface area contributed by atoms with Crippen molar-refractivity contribution in [2.45, 2.75) is 122 Å². The van der Waals surface area contributed by atoms with Crippen LogP contribution in [0.2, 0.25) is 36.3 Å². The summed E-state index contributed by atoms with van der Waals surface area (Å²) in [5, 5.41) is 4.36. The van der Waals surface area contributed by atoms with Gasteiger partial charge >= 0.3 is 12.1 Å². The van der Waals surface area contributed by atoms with E-state index in [9.17, 15) is 22.8 Å². The van der Waals surface area contributed by atoms with E-state index in [0.717, 1.165) is 0 Å². The molecule has 1 saturated heterocycles. The van der Waals surface area contributed by atoms with Crippen LogP contribution in [0.5, 0.6) is 0 Å². The first-order valence-electron chi connectivity index (χ1n) is 15.8. The SMILES string of the molecule is CC(C)C(=O)Nc1ncnc2c1ncn2[C@@H]1O[C@H](CO[Si](C)(C)C(C)(C)C)[C@@H](O[Si](C)(C)C(C)(C)C)[C@H]1OCCNC(=O)C(F)(F)F. The summed E-state index contributed by atoms with van der Waals surface area (Å²) in [4.78, 5) is 37.1. The first kappa shape index (κ1) is 39.0. The average molecular weight is 705 g/mol. The molecule has 266 valence electrons. The number of rotatable bonds is 12. The number of hydrogen-bond donors (Lipinski definition) is 2. The monoisotopic (exact) mass is 704 g/mol. The van der Waals surface area contributed by atoms with Crippen LogP contribution in [0.25, 0.3) is 11.2 Å². The van der Waals surface area contributed by atoms with Gasteiger partial charge in [0.2, 0.25) is 5.91 Å². The summed E-state index contributed by atoms with van der Waals surface area (Å²) in [6.07, 6.45) is -5.30. The predicted octanol–water partition coefficient (Wildman–Crippen LogP) is 5.79. The van der Waals surface area contributed by atoms with E-state index < -0.39 is 59.8 Å². The number of nitrogens with one attached hydrogen (secondary N) is 2. The van der Waals surface area contributed by atoms with E-state index >= 15 is 0 Å². The normalized spacial score (nSPS) is 21.4. The number of carbonyl (C=O) groups is 2. The highest BCUT2D eigenvalue weighted by Gasteiger charge is 2.53. The second kappa shape index (κ2) is 14.2. The molecular weight excluding hydrogens is 654 g/mol. The Hall–Kier alpha value is -2.45. The summed E-state index contributed by atoms with van der Waals surface area (Å²) in [7, 11) is -4.73. The van der Waals surface area contributed by atoms with Crippen molar-refractivity contribution in [2.24, 2.45) is 5.92 Å². The van der Waals surface area contributed by atoms with Gasteiger partial charge in [0.15, 0.2) is 39.8 Å². The number of halogens is 3. The van der Waals surface area contributed by atoms with Gasteiger partial charge in [0.1, 0.15) is 24.6 Å². The third kappa shape index (κ3) is 9.17. The van der Waals surface area contributed by atoms with Crippen molar-refractivity contribution in [1.29, 1.82) is 0 Å². The van der Waals surface area contributed by atoms with E-state index in [1.165, 1.54) is 12.7 Å². The zero-order chi connectivity index (χ0) is 35.8. The van der Waals surface area contributed by atoms with E-state index in [1.54, 1.807) is 18.4 Å². The first-order valence-corrected chi connectivity index (χ1v) is 21.6. The molecule has 2 aromatic rings. The third-order valence-electron chi connectivity index (χ3n) is 9.29. The highest BCUT2D eigenvalue weighted by atomic mass is 28.4. The molecule has 1 aliphatic heterocycles. The Labute approximate surface area is 277 Å². The molecule has 2 amide bonds. The molecule has 0 aliphatic carbocycles. The topological polar surface area (TPSA) is 139 Å². The summed E-state index contributed by atoms with van der Waals surface area (Å²) in [6, 6.07) is 0. The maximum Gasteiger partial charge on any atom is 0.471 e. The first-order chi connectivity index (χ1) is 21.4. The Kier molecular flexibility index (Phi) is 11.8. The minimum absolute atomic E-state index is 0.0817. The van der Waals surface area contributed by atoms with E-state index in [-0.39, 0.29) is 40.9 Å². The molecule has 47 heavy (non-hydrogen) atoms. The van der Waals surface area contributed by atoms with Gasteiger partial charge in [0.05, 0.1) is 19.5 Å². The number of nitrogens with zero attached hydrogens (tertiary/aromatic N) is 4. The van der Waals surface area contributed by atoms with Crippen LogP contribution in [0, 0.1) is 5.92 Å². The Balaban J connectivity index is 2.06. The van der Waals surface area contributed by atoms with Crippen LogP contribution in [0.3, 0.4) is 0 Å². The number of alkyl halides is 3. The van der Waals surface area contributed by atoms with Crippen LogP contribution < -0.4 is 10.6 Å². The van der Waals surface area contributed by atoms with Crippen LogP contribution in [0.4, 0.5) is 19.0 Å². The number of imidazole rings is 1. The van der Waals surface area contributed by atoms with Gasteiger partial charge < -0.3 is 29.0 Å². The van der Waals surface area contributed by atoms with Crippen molar-refractivity contribution in [1.82, 2.24) is 24.8 Å². The number of aromatic nitrogens is 4. The van der Waals surface area contributed by atoms with Crippen LogP contribution in [-0.2, 0) is 27.9 Å². The molecule has 2 N–H and O–H groups in total. The molecule has 17 heteroatoms. The molecule has 0 bridgehead atoms. The molecule has 4 atom stereocenters. The maximum atomic E-state index is 12.9. The lowest BCUT2D eigenvalue weighted by molar-refractivity contribution is -0.174. The summed E-state index contributed by atoms with van der Waals surface area (Å²) < 4.78 is 66.7. The van der Waals surface area contributed by atoms with Crippen LogP contribution in [0.15, 0.2) is 12.7 Å². The van der Waals surface area contributed by atoms with Gasteiger partial charge in [-0.3, -0.25) is 14.2 Å². The minimum Gasteiger partial charge on any atom is -0.414 e. The third-order valence-corrected chi connectivity index (χ3v) is 18.3. The summed E-state index contributed by atoms with van der Waals surface area (Å²) in [6.45, 7) is 24.2. The summed E-state index contributed by atoms with van der Waals surface area (Å²) >= 11 is 0. The highest BCUT2D eigenvalue weighted by molar-refractivity contribution is 6.74. The van der Waals surface area contributed by atoms with E-state index in [2.05, 4.69) is 88.0 Å². The van der Waals surface area contributed by atoms with Gasteiger partial charge in [-0.2, -0.15) is 13.2 Å². The number of hydrogen-bond acceptors (Lipinski definition) is 9. The van der Waals surface area contributed by atoms with Crippen molar-refractivity contribution < 1.29 is 41.1 Å². The molecule has 0 saturated carbocycles. The smallest absolute Gasteiger partial charge is 0.414 e. The molecule has 1 aliphatic rings. The summed E-state index contributed by atoms with van der Waals surface area (Å²) in [5.41, 5.74) is 0.671. The number of carbonyl (C=O) groups excluding carboxylic acids is 2. The fraction of sp³-hybridized carbons (Fsp3) is 0.767. The second-order valence-electron chi connectivity index (χ2n) is 15.3. The van der Waals surface area contributed by atoms with Gasteiger partial charge in [-0.05, 0) is 36.3 Å². The fourth-order valence-electron chi connectivity index (χ4n) is 4.26. The standard InChI is InChI=1S/C30H51F3N6O6Si2/c1-18(2)25(40)38-23-20-24(36-16-35-23)39(17-37-20)26-22(42-14-13-34-27(41)30(31,32)33)21(45-47(11,12)29(6,7)8)19(44-26)15-43-46(9,10)28(3,4)5/h16-19,21-22,26H,13-15H2,1-12H3,(H,34,41)(H,35,36,38,40)/t19-,21-,22-,26-/m1/s1. The van der Waals surface area contributed by atoms with Gasteiger partial charge in [-0.15, -0.1) is 0 Å². The Morgan fingerprint density at radius 2 is 1.60 bits per heavy atom. The second-order valence-corrected chi connectivity index (χ2v) is 24.8. The zero-order valence-electron chi connectivity index (χ0n) is 29.5. The lowest BCUT2D eigenvalue weighted by atomic mass is 10.1. The molecule has 0 spiro atoms. The lowest BCUT2D eigenvalue weighted by Crippen LogP contribution is -2.51. The molecule has 12 nitrogen and oxygen atoms in total.